The fourth-order valence-electron chi connectivity index (χ4n) is 4.21. The molecule has 2 aliphatic rings. The Morgan fingerprint density at radius 3 is 2.34 bits per heavy atom. The Hall–Kier alpha value is -3.77. The summed E-state index contributed by atoms with van der Waals surface area (Å²) in [4.78, 5) is 18.9. The molecule has 4 heterocycles. The topological polar surface area (TPSA) is 63.5 Å². The SMILES string of the molecule is C=C(F)C(=O)N1CC(n2nc(-c3ccc(OC(F)(F)F)cc3)c3nccc(N4CC(F)(F)C4)c32)C1. The van der Waals surface area contributed by atoms with Crippen LogP contribution in [0.25, 0.3) is 22.3 Å². The van der Waals surface area contributed by atoms with Crippen LogP contribution in [0.4, 0.5) is 32.0 Å². The number of fused-ring (bicyclic) bond motifs is 1. The maximum atomic E-state index is 13.6. The molecule has 7 nitrogen and oxygen atoms in total. The molecule has 0 unspecified atom stereocenters. The Balaban J connectivity index is 1.54. The van der Waals surface area contributed by atoms with Crippen LogP contribution in [-0.4, -0.2) is 64.0 Å². The largest absolute Gasteiger partial charge is 0.573 e. The molecule has 35 heavy (non-hydrogen) atoms. The van der Waals surface area contributed by atoms with E-state index in [9.17, 15) is 31.1 Å². The number of halogens is 6. The number of nitrogens with zero attached hydrogens (tertiary/aromatic N) is 5. The zero-order chi connectivity index (χ0) is 25.1. The van der Waals surface area contributed by atoms with Crippen molar-refractivity contribution in [2.24, 2.45) is 0 Å². The zero-order valence-corrected chi connectivity index (χ0v) is 17.9. The summed E-state index contributed by atoms with van der Waals surface area (Å²) in [6.07, 6.45) is -3.40. The van der Waals surface area contributed by atoms with Crippen molar-refractivity contribution in [3.8, 4) is 17.0 Å². The molecule has 0 atom stereocenters. The molecule has 2 fully saturated rings. The van der Waals surface area contributed by atoms with Crippen LogP contribution >= 0.6 is 0 Å². The lowest BCUT2D eigenvalue weighted by Crippen LogP contribution is -2.56. The number of hydrogen-bond acceptors (Lipinski definition) is 5. The van der Waals surface area contributed by atoms with Crippen molar-refractivity contribution in [1.29, 1.82) is 0 Å². The first-order valence-electron chi connectivity index (χ1n) is 10.4. The highest BCUT2D eigenvalue weighted by Gasteiger charge is 2.45. The van der Waals surface area contributed by atoms with Crippen LogP contribution in [0.5, 0.6) is 5.75 Å². The van der Waals surface area contributed by atoms with Gasteiger partial charge in [0.2, 0.25) is 0 Å². The van der Waals surface area contributed by atoms with Crippen molar-refractivity contribution >= 4 is 22.6 Å². The van der Waals surface area contributed by atoms with E-state index in [1.54, 1.807) is 10.7 Å². The van der Waals surface area contributed by atoms with Gasteiger partial charge in [0.05, 0.1) is 24.8 Å². The van der Waals surface area contributed by atoms with Gasteiger partial charge in [-0.15, -0.1) is 13.2 Å². The normalized spacial score (nSPS) is 17.8. The lowest BCUT2D eigenvalue weighted by molar-refractivity contribution is -0.274. The van der Waals surface area contributed by atoms with Gasteiger partial charge in [0.25, 0.3) is 11.8 Å². The number of hydrogen-bond donors (Lipinski definition) is 0. The molecule has 0 spiro atoms. The molecular weight excluding hydrogens is 480 g/mol. The van der Waals surface area contributed by atoms with Crippen molar-refractivity contribution in [2.75, 3.05) is 31.1 Å². The van der Waals surface area contributed by atoms with Crippen LogP contribution in [0.3, 0.4) is 0 Å². The second-order valence-electron chi connectivity index (χ2n) is 8.37. The van der Waals surface area contributed by atoms with Crippen molar-refractivity contribution in [2.45, 2.75) is 18.3 Å². The van der Waals surface area contributed by atoms with Gasteiger partial charge in [-0.25, -0.2) is 13.2 Å². The summed E-state index contributed by atoms with van der Waals surface area (Å²) >= 11 is 0. The second kappa shape index (κ2) is 7.89. The predicted octanol–water partition coefficient (Wildman–Crippen LogP) is 4.32. The monoisotopic (exact) mass is 497 g/mol. The third kappa shape index (κ3) is 4.26. The van der Waals surface area contributed by atoms with Gasteiger partial charge in [-0.3, -0.25) is 14.5 Å². The molecule has 0 N–H and O–H groups in total. The first-order valence-corrected chi connectivity index (χ1v) is 10.4. The molecule has 2 aromatic heterocycles. The molecule has 13 heteroatoms. The summed E-state index contributed by atoms with van der Waals surface area (Å²) in [5.41, 5.74) is 1.97. The average molecular weight is 497 g/mol. The number of likely N-dealkylation sites (tertiary alicyclic amines) is 1. The molecule has 1 amide bonds. The fourth-order valence-corrected chi connectivity index (χ4v) is 4.21. The van der Waals surface area contributed by atoms with E-state index >= 15 is 0 Å². The Labute approximate surface area is 194 Å². The minimum atomic E-state index is -4.84. The third-order valence-corrected chi connectivity index (χ3v) is 5.84. The van der Waals surface area contributed by atoms with Gasteiger partial charge in [-0.1, -0.05) is 6.58 Å². The Bertz CT molecular complexity index is 1310. The first kappa shape index (κ1) is 23.0. The summed E-state index contributed by atoms with van der Waals surface area (Å²) in [6.45, 7) is 2.24. The van der Waals surface area contributed by atoms with E-state index in [0.29, 0.717) is 28.0 Å². The van der Waals surface area contributed by atoms with Gasteiger partial charge in [-0.2, -0.15) is 5.10 Å². The number of amides is 1. The summed E-state index contributed by atoms with van der Waals surface area (Å²) in [5, 5.41) is 4.59. The molecule has 0 radical (unpaired) electrons. The lowest BCUT2D eigenvalue weighted by Gasteiger charge is -2.42. The van der Waals surface area contributed by atoms with E-state index in [1.165, 1.54) is 28.1 Å². The third-order valence-electron chi connectivity index (χ3n) is 5.84. The Morgan fingerprint density at radius 2 is 1.77 bits per heavy atom. The average Bonchev–Trinajstić information content (AvgIpc) is 3.09. The van der Waals surface area contributed by atoms with Crippen LogP contribution in [0.2, 0.25) is 0 Å². The number of carbonyl (C=O) groups is 1. The Morgan fingerprint density at radius 1 is 1.11 bits per heavy atom. The van der Waals surface area contributed by atoms with Gasteiger partial charge >= 0.3 is 6.36 Å². The van der Waals surface area contributed by atoms with E-state index in [1.807, 2.05) is 0 Å². The minimum absolute atomic E-state index is 0.112. The highest BCUT2D eigenvalue weighted by Crippen LogP contribution is 2.40. The number of aromatic nitrogens is 3. The number of ether oxygens (including phenoxy) is 1. The minimum Gasteiger partial charge on any atom is -0.406 e. The van der Waals surface area contributed by atoms with Crippen LogP contribution < -0.4 is 9.64 Å². The van der Waals surface area contributed by atoms with Crippen molar-refractivity contribution < 1.29 is 35.9 Å². The quantitative estimate of drug-likeness (QED) is 0.388. The van der Waals surface area contributed by atoms with Crippen LogP contribution in [0, 0.1) is 0 Å². The highest BCUT2D eigenvalue weighted by molar-refractivity contribution is 5.98. The zero-order valence-electron chi connectivity index (χ0n) is 17.9. The van der Waals surface area contributed by atoms with E-state index in [0.717, 1.165) is 12.1 Å². The summed E-state index contributed by atoms with van der Waals surface area (Å²) in [5.74, 6) is -5.19. The number of pyridine rings is 1. The van der Waals surface area contributed by atoms with E-state index in [2.05, 4.69) is 21.4 Å². The van der Waals surface area contributed by atoms with Gasteiger partial charge in [0, 0.05) is 24.8 Å². The molecule has 2 saturated heterocycles. The maximum absolute atomic E-state index is 13.6. The van der Waals surface area contributed by atoms with Crippen LogP contribution in [0.1, 0.15) is 6.04 Å². The van der Waals surface area contributed by atoms with Gasteiger partial charge in [0.15, 0.2) is 5.83 Å². The maximum Gasteiger partial charge on any atom is 0.573 e. The number of anilines is 1. The molecule has 0 aliphatic carbocycles. The van der Waals surface area contributed by atoms with Crippen molar-refractivity contribution in [3.63, 3.8) is 0 Å². The van der Waals surface area contributed by atoms with Gasteiger partial charge in [0.1, 0.15) is 22.5 Å². The first-order chi connectivity index (χ1) is 16.4. The summed E-state index contributed by atoms with van der Waals surface area (Å²) < 4.78 is 83.4. The summed E-state index contributed by atoms with van der Waals surface area (Å²) in [6, 6.07) is 6.19. The molecule has 3 aromatic rings. The molecule has 0 bridgehead atoms. The number of rotatable bonds is 5. The standard InChI is InChI=1S/C22H17F6N5O2/c1-12(23)20(34)31-8-14(9-31)33-19-16(32-10-21(24,25)11-32)6-7-29-18(19)17(30-33)13-2-4-15(5-3-13)35-22(26,27)28/h2-7,14H,1,8-11H2. The Kier molecular flexibility index (Phi) is 5.18. The van der Waals surface area contributed by atoms with E-state index < -0.39 is 48.9 Å². The predicted molar refractivity (Wildman–Crippen MR) is 113 cm³/mol. The molecule has 2 aliphatic heterocycles. The molecule has 1 aromatic carbocycles. The van der Waals surface area contributed by atoms with E-state index in [-0.39, 0.29) is 13.1 Å². The van der Waals surface area contributed by atoms with Crippen LogP contribution in [-0.2, 0) is 4.79 Å². The van der Waals surface area contributed by atoms with Gasteiger partial charge < -0.3 is 14.5 Å². The lowest BCUT2D eigenvalue weighted by atomic mass is 10.1. The summed E-state index contributed by atoms with van der Waals surface area (Å²) in [7, 11) is 0. The number of alkyl halides is 5. The second-order valence-corrected chi connectivity index (χ2v) is 8.37. The molecule has 0 saturated carbocycles. The van der Waals surface area contributed by atoms with Crippen molar-refractivity contribution in [1.82, 2.24) is 19.7 Å². The number of benzene rings is 1. The highest BCUT2D eigenvalue weighted by atomic mass is 19.4. The molecule has 184 valence electrons. The van der Waals surface area contributed by atoms with Crippen molar-refractivity contribution in [3.05, 3.63) is 48.9 Å². The van der Waals surface area contributed by atoms with Crippen LogP contribution in [0.15, 0.2) is 48.9 Å². The molecule has 5 rings (SSSR count). The number of carbonyl (C=O) groups excluding carboxylic acids is 1. The van der Waals surface area contributed by atoms with E-state index in [4.69, 9.17) is 0 Å². The fraction of sp³-hybridized carbons (Fsp3) is 0.318. The molecular formula is C22H17F6N5O2. The smallest absolute Gasteiger partial charge is 0.406 e. The van der Waals surface area contributed by atoms with Gasteiger partial charge in [-0.05, 0) is 30.3 Å².